The van der Waals surface area contributed by atoms with Crippen LogP contribution in [0.4, 0.5) is 9.59 Å². The molecule has 0 radical (unpaired) electrons. The Morgan fingerprint density at radius 3 is 2.11 bits per heavy atom. The molecule has 1 aromatic carbocycles. The molecule has 0 aliphatic rings. The molecule has 0 spiro atoms. The molecule has 44 heavy (non-hydrogen) atoms. The maximum Gasteiger partial charge on any atom is 0.318 e. The Labute approximate surface area is 268 Å². The van der Waals surface area contributed by atoms with Crippen LogP contribution >= 0.6 is 11.3 Å². The summed E-state index contributed by atoms with van der Waals surface area (Å²) in [7, 11) is 1.67. The van der Waals surface area contributed by atoms with E-state index in [1.807, 2.05) is 84.2 Å². The average molecular weight is 631 g/mol. The lowest BCUT2D eigenvalue weighted by Crippen LogP contribution is -2.58. The maximum absolute atomic E-state index is 13.7. The van der Waals surface area contributed by atoms with E-state index in [9.17, 15) is 19.5 Å². The molecule has 0 aliphatic heterocycles. The Morgan fingerprint density at radius 1 is 0.955 bits per heavy atom. The van der Waals surface area contributed by atoms with E-state index >= 15 is 0 Å². The number of benzene rings is 1. The average Bonchev–Trinajstić information content (AvgIpc) is 3.38. The third-order valence-electron chi connectivity index (χ3n) is 6.89. The zero-order valence-electron chi connectivity index (χ0n) is 28.2. The Kier molecular flexibility index (Phi) is 14.1. The number of aliphatic hydroxyl groups excluding tert-OH is 1. The molecule has 0 bridgehead atoms. The molecule has 10 nitrogen and oxygen atoms in total. The zero-order valence-corrected chi connectivity index (χ0v) is 29.0. The SMILES string of the molecule is CC(C)CN(C[C@@H](O)[C@H](Cc1ccccc1)NC(=O)[C@@H](NC(=O)N(C)Cc1csc(C(C)C)n1)C(C)C)C(=O)NC(C)(C)C. The second-order valence-corrected chi connectivity index (χ2v) is 14.6. The summed E-state index contributed by atoms with van der Waals surface area (Å²) in [5.41, 5.74) is 1.29. The van der Waals surface area contributed by atoms with Crippen molar-refractivity contribution in [1.29, 1.82) is 0 Å². The van der Waals surface area contributed by atoms with Gasteiger partial charge < -0.3 is 30.9 Å². The number of rotatable bonds is 14. The Morgan fingerprint density at radius 2 is 1.59 bits per heavy atom. The van der Waals surface area contributed by atoms with Crippen molar-refractivity contribution in [3.8, 4) is 0 Å². The molecule has 5 amide bonds. The van der Waals surface area contributed by atoms with Crippen molar-refractivity contribution in [2.24, 2.45) is 11.8 Å². The maximum atomic E-state index is 13.7. The molecule has 0 fully saturated rings. The van der Waals surface area contributed by atoms with Crippen molar-refractivity contribution in [2.75, 3.05) is 20.1 Å². The van der Waals surface area contributed by atoms with Gasteiger partial charge in [-0.15, -0.1) is 11.3 Å². The van der Waals surface area contributed by atoms with Crippen molar-refractivity contribution in [3.05, 3.63) is 52.0 Å². The minimum absolute atomic E-state index is 0.0331. The molecule has 1 heterocycles. The molecule has 246 valence electrons. The molecule has 3 atom stereocenters. The van der Waals surface area contributed by atoms with Gasteiger partial charge in [0.2, 0.25) is 5.91 Å². The zero-order chi connectivity index (χ0) is 33.2. The van der Waals surface area contributed by atoms with Gasteiger partial charge in [-0.05, 0) is 44.6 Å². The highest BCUT2D eigenvalue weighted by Crippen LogP contribution is 2.20. The van der Waals surface area contributed by atoms with Gasteiger partial charge >= 0.3 is 12.1 Å². The van der Waals surface area contributed by atoms with Crippen LogP contribution in [0.5, 0.6) is 0 Å². The largest absolute Gasteiger partial charge is 0.389 e. The van der Waals surface area contributed by atoms with Crippen LogP contribution in [0.25, 0.3) is 0 Å². The lowest BCUT2D eigenvalue weighted by Gasteiger charge is -2.34. The summed E-state index contributed by atoms with van der Waals surface area (Å²) in [5.74, 6) is -0.129. The molecule has 11 heteroatoms. The standard InChI is InChI=1S/C33H54N6O4S/c1-21(2)17-39(32(43)37-33(7,8)9)19-27(40)26(16-24-14-12-11-13-15-24)35-29(41)28(22(3)4)36-31(42)38(10)18-25-20-44-30(34-25)23(5)6/h11-15,20-23,26-28,40H,16-19H2,1-10H3,(H,35,41)(H,36,42)(H,37,43)/t26-,27+,28-/m0/s1. The van der Waals surface area contributed by atoms with E-state index in [0.29, 0.717) is 25.4 Å². The number of carbonyl (C=O) groups excluding carboxylic acids is 3. The van der Waals surface area contributed by atoms with Crippen molar-refractivity contribution in [3.63, 3.8) is 0 Å². The first-order valence-electron chi connectivity index (χ1n) is 15.5. The highest BCUT2D eigenvalue weighted by molar-refractivity contribution is 7.09. The van der Waals surface area contributed by atoms with E-state index < -0.39 is 29.6 Å². The second kappa shape index (κ2) is 16.8. The molecule has 0 aliphatic carbocycles. The number of carbonyl (C=O) groups is 3. The number of hydrogen-bond donors (Lipinski definition) is 4. The molecule has 0 unspecified atom stereocenters. The molecule has 4 N–H and O–H groups in total. The summed E-state index contributed by atoms with van der Waals surface area (Å²) in [4.78, 5) is 47.7. The molecular weight excluding hydrogens is 576 g/mol. The molecule has 2 rings (SSSR count). The summed E-state index contributed by atoms with van der Waals surface area (Å²) in [6.45, 7) is 18.4. The van der Waals surface area contributed by atoms with Gasteiger partial charge in [-0.3, -0.25) is 4.79 Å². The highest BCUT2D eigenvalue weighted by Gasteiger charge is 2.32. The number of nitrogens with zero attached hydrogens (tertiary/aromatic N) is 3. The second-order valence-electron chi connectivity index (χ2n) is 13.7. The number of nitrogens with one attached hydrogen (secondary N) is 3. The first-order valence-corrected chi connectivity index (χ1v) is 16.4. The first-order chi connectivity index (χ1) is 20.5. The number of hydrogen-bond acceptors (Lipinski definition) is 6. The molecular formula is C33H54N6O4S. The van der Waals surface area contributed by atoms with Gasteiger partial charge in [-0.2, -0.15) is 0 Å². The van der Waals surface area contributed by atoms with Gasteiger partial charge in [0.05, 0.1) is 35.9 Å². The minimum Gasteiger partial charge on any atom is -0.389 e. The van der Waals surface area contributed by atoms with E-state index in [2.05, 4.69) is 34.8 Å². The number of aliphatic hydroxyl groups is 1. The fourth-order valence-electron chi connectivity index (χ4n) is 4.61. The van der Waals surface area contributed by atoms with Crippen LogP contribution < -0.4 is 16.0 Å². The number of aromatic nitrogens is 1. The topological polar surface area (TPSA) is 127 Å². The predicted octanol–water partition coefficient (Wildman–Crippen LogP) is 4.99. The Balaban J connectivity index is 2.22. The summed E-state index contributed by atoms with van der Waals surface area (Å²) in [6, 6.07) is 7.38. The van der Waals surface area contributed by atoms with Gasteiger partial charge in [0.15, 0.2) is 0 Å². The van der Waals surface area contributed by atoms with Crippen LogP contribution in [0.3, 0.4) is 0 Å². The molecule has 0 saturated heterocycles. The van der Waals surface area contributed by atoms with Gasteiger partial charge in [0.1, 0.15) is 6.04 Å². The van der Waals surface area contributed by atoms with Crippen molar-refractivity contribution in [2.45, 2.75) is 105 Å². The van der Waals surface area contributed by atoms with Gasteiger partial charge in [-0.1, -0.05) is 71.9 Å². The highest BCUT2D eigenvalue weighted by atomic mass is 32.1. The monoisotopic (exact) mass is 630 g/mol. The summed E-state index contributed by atoms with van der Waals surface area (Å²) < 4.78 is 0. The molecule has 0 saturated carbocycles. The number of thiazole rings is 1. The van der Waals surface area contributed by atoms with Crippen LogP contribution in [-0.2, 0) is 17.8 Å². The van der Waals surface area contributed by atoms with Crippen molar-refractivity contribution >= 4 is 29.3 Å². The van der Waals surface area contributed by atoms with Crippen LogP contribution in [0.15, 0.2) is 35.7 Å². The lowest BCUT2D eigenvalue weighted by molar-refractivity contribution is -0.125. The fourth-order valence-corrected chi connectivity index (χ4v) is 5.44. The summed E-state index contributed by atoms with van der Waals surface area (Å²) >= 11 is 1.57. The smallest absolute Gasteiger partial charge is 0.318 e. The summed E-state index contributed by atoms with van der Waals surface area (Å²) in [5, 5.41) is 23.3. The van der Waals surface area contributed by atoms with E-state index in [4.69, 9.17) is 0 Å². The number of amides is 5. The van der Waals surface area contributed by atoms with E-state index in [1.165, 1.54) is 4.90 Å². The third-order valence-corrected chi connectivity index (χ3v) is 8.08. The minimum atomic E-state index is -1.06. The van der Waals surface area contributed by atoms with E-state index in [1.54, 1.807) is 23.3 Å². The first kappa shape index (κ1) is 37.0. The number of urea groups is 2. The lowest BCUT2D eigenvalue weighted by atomic mass is 9.98. The Bertz CT molecular complexity index is 1190. The van der Waals surface area contributed by atoms with Crippen LogP contribution in [0.2, 0.25) is 0 Å². The quantitative estimate of drug-likeness (QED) is 0.234. The van der Waals surface area contributed by atoms with Crippen LogP contribution in [-0.4, -0.2) is 81.7 Å². The molecule has 1 aromatic heterocycles. The Hall–Kier alpha value is -3.18. The normalized spacial score (nSPS) is 13.9. The van der Waals surface area contributed by atoms with E-state index in [-0.39, 0.29) is 30.4 Å². The van der Waals surface area contributed by atoms with Gasteiger partial charge in [-0.25, -0.2) is 14.6 Å². The summed E-state index contributed by atoms with van der Waals surface area (Å²) in [6.07, 6.45) is -0.709. The van der Waals surface area contributed by atoms with Crippen LogP contribution in [0, 0.1) is 11.8 Å². The fraction of sp³-hybridized carbons (Fsp3) is 0.636. The predicted molar refractivity (Wildman–Crippen MR) is 178 cm³/mol. The van der Waals surface area contributed by atoms with Crippen LogP contribution in [0.1, 0.15) is 84.5 Å². The molecule has 2 aromatic rings. The van der Waals surface area contributed by atoms with Gasteiger partial charge in [0.25, 0.3) is 0 Å². The third kappa shape index (κ3) is 12.4. The van der Waals surface area contributed by atoms with Crippen molar-refractivity contribution in [1.82, 2.24) is 30.7 Å². The van der Waals surface area contributed by atoms with E-state index in [0.717, 1.165) is 16.3 Å². The van der Waals surface area contributed by atoms with Gasteiger partial charge in [0, 0.05) is 30.4 Å². The van der Waals surface area contributed by atoms with Crippen molar-refractivity contribution < 1.29 is 19.5 Å².